The zero-order valence-electron chi connectivity index (χ0n) is 22.6. The molecule has 1 amide bonds. The van der Waals surface area contributed by atoms with Crippen molar-refractivity contribution in [2.24, 2.45) is 0 Å². The molecule has 1 aromatic heterocycles. The fraction of sp³-hybridized carbons (Fsp3) is 0.250. The molecule has 212 valence electrons. The number of morpholine rings is 1. The predicted octanol–water partition coefficient (Wildman–Crippen LogP) is 4.91. The zero-order chi connectivity index (χ0) is 29.1. The van der Waals surface area contributed by atoms with Gasteiger partial charge in [0.05, 0.1) is 13.2 Å². The van der Waals surface area contributed by atoms with E-state index in [0.717, 1.165) is 5.57 Å². The molecule has 41 heavy (non-hydrogen) atoms. The molecule has 1 saturated heterocycles. The highest BCUT2D eigenvalue weighted by Gasteiger charge is 2.32. The number of carbonyl (C=O) groups excluding carboxylic acids is 1. The number of fused-ring (bicyclic) bond motifs is 1. The Morgan fingerprint density at radius 3 is 2.44 bits per heavy atom. The molecule has 9 nitrogen and oxygen atoms in total. The second kappa shape index (κ2) is 11.8. The van der Waals surface area contributed by atoms with E-state index >= 15 is 0 Å². The lowest BCUT2D eigenvalue weighted by atomic mass is 9.85. The van der Waals surface area contributed by atoms with E-state index in [1.807, 2.05) is 13.0 Å². The summed E-state index contributed by atoms with van der Waals surface area (Å²) in [5, 5.41) is 32.4. The summed E-state index contributed by atoms with van der Waals surface area (Å²) < 4.78 is 17.4. The van der Waals surface area contributed by atoms with Gasteiger partial charge in [-0.15, -0.1) is 0 Å². The van der Waals surface area contributed by atoms with Crippen LogP contribution in [0.2, 0.25) is 0 Å². The number of hydrogen-bond acceptors (Lipinski definition) is 8. The lowest BCUT2D eigenvalue weighted by Crippen LogP contribution is -2.41. The molecule has 9 heteroatoms. The van der Waals surface area contributed by atoms with Crippen molar-refractivity contribution in [1.82, 2.24) is 4.90 Å². The normalized spacial score (nSPS) is 14.1. The first-order valence-electron chi connectivity index (χ1n) is 13.3. The van der Waals surface area contributed by atoms with Crippen LogP contribution in [-0.2, 0) is 9.53 Å². The maximum Gasteiger partial charge on any atom is 0.223 e. The number of phenols is 3. The van der Waals surface area contributed by atoms with E-state index in [1.165, 1.54) is 6.07 Å². The molecule has 3 aromatic carbocycles. The Hall–Kier alpha value is -4.76. The Balaban J connectivity index is 1.73. The summed E-state index contributed by atoms with van der Waals surface area (Å²) in [6.45, 7) is 7.61. The molecule has 4 aromatic rings. The van der Waals surface area contributed by atoms with Crippen LogP contribution in [0.25, 0.3) is 22.3 Å². The SMILES string of the molecule is C=C(C)COc1cccc([C@@H](CC(=O)N2CCOCC2)c2c(O)c(O)c(O)c3c(=O)cc(-c4ccccc4)oc23)c1. The van der Waals surface area contributed by atoms with Crippen molar-refractivity contribution >= 4 is 16.9 Å². The van der Waals surface area contributed by atoms with Crippen LogP contribution in [0.4, 0.5) is 0 Å². The number of hydrogen-bond donors (Lipinski definition) is 3. The molecule has 0 saturated carbocycles. The Morgan fingerprint density at radius 1 is 1.00 bits per heavy atom. The van der Waals surface area contributed by atoms with Crippen LogP contribution in [0.3, 0.4) is 0 Å². The molecule has 0 unspecified atom stereocenters. The number of carbonyl (C=O) groups is 1. The second-order valence-electron chi connectivity index (χ2n) is 10.1. The van der Waals surface area contributed by atoms with Crippen molar-refractivity contribution in [2.45, 2.75) is 19.3 Å². The summed E-state index contributed by atoms with van der Waals surface area (Å²) in [6, 6.07) is 17.1. The number of aromatic hydroxyl groups is 3. The third-order valence-corrected chi connectivity index (χ3v) is 7.03. The number of ether oxygens (including phenoxy) is 2. The van der Waals surface area contributed by atoms with Crippen molar-refractivity contribution < 1.29 is 34.0 Å². The van der Waals surface area contributed by atoms with Gasteiger partial charge in [-0.3, -0.25) is 9.59 Å². The predicted molar refractivity (Wildman–Crippen MR) is 154 cm³/mol. The van der Waals surface area contributed by atoms with Crippen molar-refractivity contribution in [1.29, 1.82) is 0 Å². The Kier molecular flexibility index (Phi) is 7.98. The van der Waals surface area contributed by atoms with E-state index in [-0.39, 0.29) is 41.2 Å². The maximum absolute atomic E-state index is 13.6. The van der Waals surface area contributed by atoms with Gasteiger partial charge in [0.15, 0.2) is 16.9 Å². The van der Waals surface area contributed by atoms with Gasteiger partial charge in [0.1, 0.15) is 29.1 Å². The number of benzene rings is 3. The molecule has 0 radical (unpaired) electrons. The van der Waals surface area contributed by atoms with Crippen molar-refractivity contribution in [2.75, 3.05) is 32.9 Å². The van der Waals surface area contributed by atoms with Crippen LogP contribution in [0, 0.1) is 0 Å². The molecule has 0 aliphatic carbocycles. The van der Waals surface area contributed by atoms with Crippen LogP contribution >= 0.6 is 0 Å². The fourth-order valence-electron chi connectivity index (χ4n) is 4.97. The summed E-state index contributed by atoms with van der Waals surface area (Å²) in [7, 11) is 0. The molecular weight excluding hydrogens is 526 g/mol. The van der Waals surface area contributed by atoms with E-state index in [1.54, 1.807) is 53.4 Å². The van der Waals surface area contributed by atoms with Gasteiger partial charge >= 0.3 is 0 Å². The number of phenolic OH excluding ortho intramolecular Hbond substituents is 3. The van der Waals surface area contributed by atoms with E-state index < -0.39 is 28.6 Å². The standard InChI is InChI=1S/C32H31NO8/c1-19(2)18-40-22-10-6-9-21(15-22)23(16-26(35)33-11-13-39-14-12-33)27-29(36)31(38)30(37)28-24(34)17-25(41-32(27)28)20-7-4-3-5-8-20/h3-10,15,17,23,36-38H,1,11-14,16,18H2,2H3/t23-/m1/s1. The lowest BCUT2D eigenvalue weighted by molar-refractivity contribution is -0.135. The molecule has 2 heterocycles. The third-order valence-electron chi connectivity index (χ3n) is 7.03. The summed E-state index contributed by atoms with van der Waals surface area (Å²) in [5.41, 5.74) is 1.25. The maximum atomic E-state index is 13.6. The first-order chi connectivity index (χ1) is 19.7. The monoisotopic (exact) mass is 557 g/mol. The van der Waals surface area contributed by atoms with E-state index in [9.17, 15) is 24.9 Å². The van der Waals surface area contributed by atoms with Gasteiger partial charge in [0, 0.05) is 42.6 Å². The Morgan fingerprint density at radius 2 is 1.73 bits per heavy atom. The van der Waals surface area contributed by atoms with Crippen molar-refractivity contribution in [3.8, 4) is 34.3 Å². The average molecular weight is 558 g/mol. The largest absolute Gasteiger partial charge is 0.504 e. The zero-order valence-corrected chi connectivity index (χ0v) is 22.6. The van der Waals surface area contributed by atoms with E-state index in [4.69, 9.17) is 13.9 Å². The molecule has 1 aliphatic rings. The van der Waals surface area contributed by atoms with Gasteiger partial charge in [-0.2, -0.15) is 0 Å². The van der Waals surface area contributed by atoms with Gasteiger partial charge in [-0.1, -0.05) is 49.0 Å². The Bertz CT molecular complexity index is 1650. The molecule has 1 atom stereocenters. The minimum atomic E-state index is -0.887. The molecule has 1 aliphatic heterocycles. The van der Waals surface area contributed by atoms with Crippen LogP contribution in [-0.4, -0.2) is 59.0 Å². The number of rotatable bonds is 8. The summed E-state index contributed by atoms with van der Waals surface area (Å²) in [6.07, 6.45) is -0.129. The van der Waals surface area contributed by atoms with Crippen LogP contribution in [0.5, 0.6) is 23.0 Å². The van der Waals surface area contributed by atoms with Gasteiger partial charge in [-0.05, 0) is 30.2 Å². The van der Waals surface area contributed by atoms with Gasteiger partial charge in [0.25, 0.3) is 0 Å². The summed E-state index contributed by atoms with van der Waals surface area (Å²) >= 11 is 0. The first-order valence-corrected chi connectivity index (χ1v) is 13.3. The topological polar surface area (TPSA) is 130 Å². The smallest absolute Gasteiger partial charge is 0.223 e. The lowest BCUT2D eigenvalue weighted by Gasteiger charge is -2.29. The quantitative estimate of drug-likeness (QED) is 0.206. The van der Waals surface area contributed by atoms with Crippen molar-refractivity contribution in [3.05, 3.63) is 94.2 Å². The molecule has 5 rings (SSSR count). The molecule has 0 bridgehead atoms. The highest BCUT2D eigenvalue weighted by molar-refractivity contribution is 5.94. The third kappa shape index (κ3) is 5.76. The molecular formula is C32H31NO8. The summed E-state index contributed by atoms with van der Waals surface area (Å²) in [5.74, 6) is -2.75. The highest BCUT2D eigenvalue weighted by atomic mass is 16.5. The minimum absolute atomic E-state index is 0.00356. The van der Waals surface area contributed by atoms with Crippen LogP contribution in [0.1, 0.15) is 30.4 Å². The molecule has 1 fully saturated rings. The molecule has 3 N–H and O–H groups in total. The van der Waals surface area contributed by atoms with E-state index in [0.29, 0.717) is 43.2 Å². The number of nitrogens with zero attached hydrogens (tertiary/aromatic N) is 1. The Labute approximate surface area is 236 Å². The van der Waals surface area contributed by atoms with Crippen LogP contribution in [0.15, 0.2) is 82.0 Å². The van der Waals surface area contributed by atoms with Gasteiger partial charge in [0.2, 0.25) is 11.7 Å². The van der Waals surface area contributed by atoms with Crippen LogP contribution < -0.4 is 10.2 Å². The fourth-order valence-corrected chi connectivity index (χ4v) is 4.97. The average Bonchev–Trinajstić information content (AvgIpc) is 2.99. The van der Waals surface area contributed by atoms with Gasteiger partial charge < -0.3 is 34.1 Å². The van der Waals surface area contributed by atoms with E-state index in [2.05, 4.69) is 6.58 Å². The van der Waals surface area contributed by atoms with Gasteiger partial charge in [-0.25, -0.2) is 0 Å². The highest BCUT2D eigenvalue weighted by Crippen LogP contribution is 2.49. The van der Waals surface area contributed by atoms with Crippen molar-refractivity contribution in [3.63, 3.8) is 0 Å². The summed E-state index contributed by atoms with van der Waals surface area (Å²) in [4.78, 5) is 28.5. The molecule has 0 spiro atoms. The number of amides is 1. The second-order valence-corrected chi connectivity index (χ2v) is 10.1. The first kappa shape index (κ1) is 27.8. The minimum Gasteiger partial charge on any atom is -0.504 e.